The van der Waals surface area contributed by atoms with E-state index in [2.05, 4.69) is 0 Å². The molecule has 0 saturated carbocycles. The Bertz CT molecular complexity index is 702. The summed E-state index contributed by atoms with van der Waals surface area (Å²) in [5.74, 6) is -1.32. The molecule has 2 aromatic rings. The average Bonchev–Trinajstić information content (AvgIpc) is 2.79. The maximum absolute atomic E-state index is 12.6. The Morgan fingerprint density at radius 2 is 1.77 bits per heavy atom. The molecule has 0 saturated heterocycles. The second-order valence-corrected chi connectivity index (χ2v) is 6.11. The smallest absolute Gasteiger partial charge is 0.255 e. The van der Waals surface area contributed by atoms with Crippen LogP contribution in [0.25, 0.3) is 0 Å². The summed E-state index contributed by atoms with van der Waals surface area (Å²) in [5, 5.41) is 10.5. The number of nitrogens with zero attached hydrogens (tertiary/aromatic N) is 1. The van der Waals surface area contributed by atoms with Crippen LogP contribution in [-0.2, 0) is 11.3 Å². The van der Waals surface area contributed by atoms with Gasteiger partial charge in [-0.2, -0.15) is 0 Å². The summed E-state index contributed by atoms with van der Waals surface area (Å²) < 4.78 is 0. The van der Waals surface area contributed by atoms with E-state index in [9.17, 15) is 14.7 Å². The van der Waals surface area contributed by atoms with Crippen molar-refractivity contribution in [3.63, 3.8) is 0 Å². The molecule has 1 atom stereocenters. The van der Waals surface area contributed by atoms with Crippen LogP contribution in [0.1, 0.15) is 26.9 Å². The van der Waals surface area contributed by atoms with Crippen LogP contribution >= 0.6 is 11.8 Å². The number of carboxylic acids is 1. The van der Waals surface area contributed by atoms with Gasteiger partial charge in [-0.15, -0.1) is 11.8 Å². The highest BCUT2D eigenvalue weighted by Gasteiger charge is 2.36. The molecule has 112 valence electrons. The number of hydrogen-bond donors (Lipinski definition) is 0. The number of fused-ring (bicyclic) bond motifs is 1. The second kappa shape index (κ2) is 6.23. The van der Waals surface area contributed by atoms with Crippen LogP contribution < -0.4 is 5.11 Å². The SMILES string of the molecule is O=C([O-])CS[C@@H]1c2ccccc2C(=O)N1Cc1ccccc1. The molecule has 0 spiro atoms. The molecule has 1 heterocycles. The van der Waals surface area contributed by atoms with Crippen LogP contribution in [0.15, 0.2) is 54.6 Å². The monoisotopic (exact) mass is 312 g/mol. The minimum Gasteiger partial charge on any atom is -0.549 e. The van der Waals surface area contributed by atoms with Crippen molar-refractivity contribution in [1.82, 2.24) is 4.90 Å². The number of carbonyl (C=O) groups is 2. The number of aliphatic carboxylic acids is 1. The van der Waals surface area contributed by atoms with Gasteiger partial charge in [-0.05, 0) is 17.2 Å². The number of thioether (sulfide) groups is 1. The second-order valence-electron chi connectivity index (χ2n) is 5.04. The highest BCUT2D eigenvalue weighted by Crippen LogP contribution is 2.41. The van der Waals surface area contributed by atoms with Crippen LogP contribution in [0.5, 0.6) is 0 Å². The van der Waals surface area contributed by atoms with Gasteiger partial charge in [0.1, 0.15) is 5.37 Å². The first-order valence-corrected chi connectivity index (χ1v) is 7.97. The van der Waals surface area contributed by atoms with Crippen molar-refractivity contribution in [2.24, 2.45) is 0 Å². The predicted molar refractivity (Wildman–Crippen MR) is 83.0 cm³/mol. The maximum atomic E-state index is 12.6. The molecule has 0 unspecified atom stereocenters. The van der Waals surface area contributed by atoms with Gasteiger partial charge in [-0.3, -0.25) is 4.79 Å². The van der Waals surface area contributed by atoms with E-state index in [1.54, 1.807) is 11.0 Å². The van der Waals surface area contributed by atoms with Gasteiger partial charge < -0.3 is 14.8 Å². The van der Waals surface area contributed by atoms with Crippen molar-refractivity contribution < 1.29 is 14.7 Å². The van der Waals surface area contributed by atoms with Crippen molar-refractivity contribution >= 4 is 23.6 Å². The third-order valence-electron chi connectivity index (χ3n) is 3.56. The van der Waals surface area contributed by atoms with Crippen molar-refractivity contribution in [1.29, 1.82) is 0 Å². The Morgan fingerprint density at radius 1 is 1.09 bits per heavy atom. The zero-order chi connectivity index (χ0) is 15.5. The fourth-order valence-electron chi connectivity index (χ4n) is 2.60. The highest BCUT2D eigenvalue weighted by atomic mass is 32.2. The first kappa shape index (κ1) is 14.7. The Hall–Kier alpha value is -2.27. The van der Waals surface area contributed by atoms with E-state index < -0.39 is 5.97 Å². The van der Waals surface area contributed by atoms with Crippen molar-refractivity contribution in [2.45, 2.75) is 11.9 Å². The molecule has 4 nitrogen and oxygen atoms in total. The molecule has 0 radical (unpaired) electrons. The standard InChI is InChI=1S/C17H15NO3S/c19-15(20)11-22-17-14-9-5-4-8-13(14)16(21)18(17)10-12-6-2-1-3-7-12/h1-9,17H,10-11H2,(H,19,20)/p-1/t17-/m1/s1. The van der Waals surface area contributed by atoms with Gasteiger partial charge >= 0.3 is 0 Å². The summed E-state index contributed by atoms with van der Waals surface area (Å²) in [7, 11) is 0. The summed E-state index contributed by atoms with van der Waals surface area (Å²) in [6.45, 7) is 0.457. The summed E-state index contributed by atoms with van der Waals surface area (Å²) in [6, 6.07) is 17.0. The van der Waals surface area contributed by atoms with E-state index >= 15 is 0 Å². The van der Waals surface area contributed by atoms with Gasteiger partial charge in [0.05, 0.1) is 5.97 Å². The summed E-state index contributed by atoms with van der Waals surface area (Å²) in [4.78, 5) is 25.1. The molecular weight excluding hydrogens is 298 g/mol. The van der Waals surface area contributed by atoms with Crippen LogP contribution in [0.4, 0.5) is 0 Å². The first-order valence-electron chi connectivity index (χ1n) is 6.92. The number of carbonyl (C=O) groups excluding carboxylic acids is 2. The maximum Gasteiger partial charge on any atom is 0.255 e. The lowest BCUT2D eigenvalue weighted by Gasteiger charge is -2.25. The third-order valence-corrected chi connectivity index (χ3v) is 4.78. The lowest BCUT2D eigenvalue weighted by Crippen LogP contribution is -2.29. The molecule has 0 N–H and O–H groups in total. The zero-order valence-corrected chi connectivity index (χ0v) is 12.6. The fourth-order valence-corrected chi connectivity index (χ4v) is 3.63. The quantitative estimate of drug-likeness (QED) is 0.845. The molecule has 3 rings (SSSR count). The van der Waals surface area contributed by atoms with Gasteiger partial charge in [0.25, 0.3) is 5.91 Å². The van der Waals surface area contributed by atoms with Gasteiger partial charge in [-0.1, -0.05) is 48.5 Å². The van der Waals surface area contributed by atoms with E-state index in [-0.39, 0.29) is 17.0 Å². The molecular formula is C17H14NO3S-. The van der Waals surface area contributed by atoms with Crippen molar-refractivity contribution in [3.8, 4) is 0 Å². The van der Waals surface area contributed by atoms with Crippen molar-refractivity contribution in [3.05, 3.63) is 71.3 Å². The van der Waals surface area contributed by atoms with E-state index in [0.29, 0.717) is 12.1 Å². The topological polar surface area (TPSA) is 60.4 Å². The Balaban J connectivity index is 1.90. The Labute approximate surface area is 132 Å². The average molecular weight is 312 g/mol. The fraction of sp³-hybridized carbons (Fsp3) is 0.176. The number of benzene rings is 2. The number of hydrogen-bond acceptors (Lipinski definition) is 4. The lowest BCUT2D eigenvalue weighted by molar-refractivity contribution is -0.301. The van der Waals surface area contributed by atoms with Crippen LogP contribution in [-0.4, -0.2) is 22.5 Å². The predicted octanol–water partition coefficient (Wildman–Crippen LogP) is 1.82. The van der Waals surface area contributed by atoms with Gasteiger partial charge in [0.15, 0.2) is 0 Å². The normalized spacial score (nSPS) is 16.6. The lowest BCUT2D eigenvalue weighted by atomic mass is 10.1. The first-order chi connectivity index (χ1) is 10.7. The summed E-state index contributed by atoms with van der Waals surface area (Å²) >= 11 is 1.21. The van der Waals surface area contributed by atoms with E-state index in [0.717, 1.165) is 11.1 Å². The molecule has 0 fully saturated rings. The minimum absolute atomic E-state index is 0.0599. The molecule has 1 aliphatic rings. The van der Waals surface area contributed by atoms with Crippen molar-refractivity contribution in [2.75, 3.05) is 5.75 Å². The summed E-state index contributed by atoms with van der Waals surface area (Å²) in [6.07, 6.45) is 0. The molecule has 0 aliphatic carbocycles. The Morgan fingerprint density at radius 3 is 2.50 bits per heavy atom. The van der Waals surface area contributed by atoms with Gasteiger partial charge in [0.2, 0.25) is 0 Å². The minimum atomic E-state index is -1.12. The molecule has 0 aromatic heterocycles. The van der Waals surface area contributed by atoms with Crippen LogP contribution in [0.3, 0.4) is 0 Å². The largest absolute Gasteiger partial charge is 0.549 e. The van der Waals surface area contributed by atoms with Crippen LogP contribution in [0.2, 0.25) is 0 Å². The molecule has 1 amide bonds. The van der Waals surface area contributed by atoms with E-state index in [1.165, 1.54) is 11.8 Å². The number of rotatable bonds is 5. The summed E-state index contributed by atoms with van der Waals surface area (Å²) in [5.41, 5.74) is 2.53. The van der Waals surface area contributed by atoms with Gasteiger partial charge in [-0.25, -0.2) is 0 Å². The van der Waals surface area contributed by atoms with E-state index in [4.69, 9.17) is 0 Å². The molecule has 2 aromatic carbocycles. The molecule has 1 aliphatic heterocycles. The van der Waals surface area contributed by atoms with E-state index in [1.807, 2.05) is 48.5 Å². The highest BCUT2D eigenvalue weighted by molar-refractivity contribution is 8.00. The zero-order valence-electron chi connectivity index (χ0n) is 11.8. The van der Waals surface area contributed by atoms with Gasteiger partial charge in [0, 0.05) is 17.9 Å². The third kappa shape index (κ3) is 2.85. The molecule has 22 heavy (non-hydrogen) atoms. The number of carboxylic acid groups (broad SMARTS) is 1. The van der Waals surface area contributed by atoms with Crippen LogP contribution in [0, 0.1) is 0 Å². The number of amides is 1. The molecule has 5 heteroatoms. The molecule has 0 bridgehead atoms. The Kier molecular flexibility index (Phi) is 4.15.